The summed E-state index contributed by atoms with van der Waals surface area (Å²) in [6.07, 6.45) is 6.53. The number of hydrogen-bond acceptors (Lipinski definition) is 1. The third kappa shape index (κ3) is 1.72. The molecule has 0 aliphatic heterocycles. The van der Waals surface area contributed by atoms with E-state index >= 15 is 0 Å². The minimum Gasteiger partial charge on any atom is -0.327 e. The minimum atomic E-state index is 0.479. The van der Waals surface area contributed by atoms with Gasteiger partial charge in [0.25, 0.3) is 0 Å². The summed E-state index contributed by atoms with van der Waals surface area (Å²) < 4.78 is 0. The zero-order valence-electron chi connectivity index (χ0n) is 7.19. The highest BCUT2D eigenvalue weighted by molar-refractivity contribution is 4.96. The summed E-state index contributed by atoms with van der Waals surface area (Å²) in [5.41, 5.74) is 6.54. The Bertz CT molecular complexity index is 105. The van der Waals surface area contributed by atoms with Gasteiger partial charge in [-0.3, -0.25) is 0 Å². The molecule has 0 aromatic carbocycles. The molecular formula is C9H19N. The smallest absolute Gasteiger partial charge is 0.00929 e. The predicted octanol–water partition coefficient (Wildman–Crippen LogP) is 2.30. The van der Waals surface area contributed by atoms with E-state index in [0.717, 1.165) is 0 Å². The molecule has 0 spiro atoms. The minimum absolute atomic E-state index is 0.479. The lowest BCUT2D eigenvalue weighted by atomic mass is 9.95. The third-order valence-electron chi connectivity index (χ3n) is 2.80. The Balaban J connectivity index is 2.15. The maximum Gasteiger partial charge on any atom is 0.00929 e. The van der Waals surface area contributed by atoms with E-state index in [2.05, 4.69) is 13.8 Å². The molecule has 1 saturated carbocycles. The van der Waals surface area contributed by atoms with Crippen LogP contribution in [0.3, 0.4) is 0 Å². The maximum atomic E-state index is 6.00. The topological polar surface area (TPSA) is 26.0 Å². The molecule has 1 fully saturated rings. The van der Waals surface area contributed by atoms with Crippen molar-refractivity contribution in [2.75, 3.05) is 0 Å². The lowest BCUT2D eigenvalue weighted by Crippen LogP contribution is -2.29. The van der Waals surface area contributed by atoms with E-state index in [4.69, 9.17) is 5.73 Å². The summed E-state index contributed by atoms with van der Waals surface area (Å²) in [5, 5.41) is 0. The molecular weight excluding hydrogens is 122 g/mol. The van der Waals surface area contributed by atoms with Crippen LogP contribution in [0.5, 0.6) is 0 Å². The third-order valence-corrected chi connectivity index (χ3v) is 2.80. The second-order valence-electron chi connectivity index (χ2n) is 3.90. The summed E-state index contributed by atoms with van der Waals surface area (Å²) in [7, 11) is 0. The zero-order valence-corrected chi connectivity index (χ0v) is 7.19. The Labute approximate surface area is 64.0 Å². The zero-order chi connectivity index (χ0) is 7.61. The van der Waals surface area contributed by atoms with Crippen molar-refractivity contribution in [2.45, 2.75) is 52.0 Å². The fraction of sp³-hybridized carbons (Fsp3) is 1.00. The summed E-state index contributed by atoms with van der Waals surface area (Å²) in [5.74, 6) is 0. The quantitative estimate of drug-likeness (QED) is 0.638. The average molecular weight is 141 g/mol. The molecule has 10 heavy (non-hydrogen) atoms. The first-order valence-electron chi connectivity index (χ1n) is 4.44. The van der Waals surface area contributed by atoms with Crippen molar-refractivity contribution in [3.05, 3.63) is 0 Å². The first kappa shape index (κ1) is 8.06. The molecule has 1 unspecified atom stereocenters. The van der Waals surface area contributed by atoms with Crippen LogP contribution in [0, 0.1) is 5.41 Å². The van der Waals surface area contributed by atoms with Crippen molar-refractivity contribution in [2.24, 2.45) is 11.1 Å². The molecule has 0 saturated heterocycles. The maximum absolute atomic E-state index is 6.00. The molecule has 0 aromatic heterocycles. The van der Waals surface area contributed by atoms with Crippen LogP contribution in [0.1, 0.15) is 46.0 Å². The molecule has 0 bridgehead atoms. The summed E-state index contributed by atoms with van der Waals surface area (Å²) in [6.45, 7) is 4.54. The van der Waals surface area contributed by atoms with E-state index in [1.165, 1.54) is 32.1 Å². The number of unbranched alkanes of at least 4 members (excludes halogenated alkanes) is 1. The van der Waals surface area contributed by atoms with Crippen LogP contribution in [-0.2, 0) is 0 Å². The highest BCUT2D eigenvalue weighted by atomic mass is 14.7. The standard InChI is InChI=1S/C9H19N/c1-3-4-5-8(10)9(2)6-7-9/h8H,3-7,10H2,1-2H3. The van der Waals surface area contributed by atoms with Gasteiger partial charge in [-0.05, 0) is 24.7 Å². The van der Waals surface area contributed by atoms with Gasteiger partial charge in [0, 0.05) is 6.04 Å². The van der Waals surface area contributed by atoms with Crippen molar-refractivity contribution in [1.29, 1.82) is 0 Å². The molecule has 1 rings (SSSR count). The highest BCUT2D eigenvalue weighted by Crippen LogP contribution is 2.48. The van der Waals surface area contributed by atoms with E-state index in [1.807, 2.05) is 0 Å². The van der Waals surface area contributed by atoms with E-state index in [9.17, 15) is 0 Å². The van der Waals surface area contributed by atoms with Crippen molar-refractivity contribution < 1.29 is 0 Å². The Morgan fingerprint density at radius 3 is 2.50 bits per heavy atom. The number of nitrogens with two attached hydrogens (primary N) is 1. The van der Waals surface area contributed by atoms with Crippen LogP contribution >= 0.6 is 0 Å². The van der Waals surface area contributed by atoms with Crippen molar-refractivity contribution in [3.63, 3.8) is 0 Å². The first-order chi connectivity index (χ1) is 4.69. The Hall–Kier alpha value is -0.0400. The molecule has 1 heteroatoms. The molecule has 0 radical (unpaired) electrons. The van der Waals surface area contributed by atoms with Gasteiger partial charge in [-0.1, -0.05) is 26.7 Å². The number of rotatable bonds is 4. The van der Waals surface area contributed by atoms with Crippen LogP contribution in [0.25, 0.3) is 0 Å². The highest BCUT2D eigenvalue weighted by Gasteiger charge is 2.42. The molecule has 0 heterocycles. The molecule has 1 atom stereocenters. The molecule has 0 aromatic rings. The molecule has 2 N–H and O–H groups in total. The van der Waals surface area contributed by atoms with Gasteiger partial charge in [0.1, 0.15) is 0 Å². The number of hydrogen-bond donors (Lipinski definition) is 1. The summed E-state index contributed by atoms with van der Waals surface area (Å²) in [6, 6.07) is 0.479. The fourth-order valence-corrected chi connectivity index (χ4v) is 1.34. The van der Waals surface area contributed by atoms with Crippen LogP contribution in [0.15, 0.2) is 0 Å². The Morgan fingerprint density at radius 1 is 1.50 bits per heavy atom. The van der Waals surface area contributed by atoms with Crippen LogP contribution in [-0.4, -0.2) is 6.04 Å². The lowest BCUT2D eigenvalue weighted by molar-refractivity contribution is 0.401. The van der Waals surface area contributed by atoms with E-state index < -0.39 is 0 Å². The largest absolute Gasteiger partial charge is 0.327 e. The lowest BCUT2D eigenvalue weighted by Gasteiger charge is -2.17. The Kier molecular flexibility index (Phi) is 2.35. The van der Waals surface area contributed by atoms with Gasteiger partial charge in [-0.2, -0.15) is 0 Å². The summed E-state index contributed by atoms with van der Waals surface area (Å²) in [4.78, 5) is 0. The normalized spacial score (nSPS) is 24.3. The van der Waals surface area contributed by atoms with Gasteiger partial charge in [0.05, 0.1) is 0 Å². The predicted molar refractivity (Wildman–Crippen MR) is 44.8 cm³/mol. The van der Waals surface area contributed by atoms with Crippen molar-refractivity contribution >= 4 is 0 Å². The second-order valence-corrected chi connectivity index (χ2v) is 3.90. The van der Waals surface area contributed by atoms with Gasteiger partial charge < -0.3 is 5.73 Å². The van der Waals surface area contributed by atoms with Gasteiger partial charge in [-0.25, -0.2) is 0 Å². The summed E-state index contributed by atoms with van der Waals surface area (Å²) >= 11 is 0. The van der Waals surface area contributed by atoms with Crippen LogP contribution < -0.4 is 5.73 Å². The van der Waals surface area contributed by atoms with E-state index in [-0.39, 0.29) is 0 Å². The fourth-order valence-electron chi connectivity index (χ4n) is 1.34. The van der Waals surface area contributed by atoms with Gasteiger partial charge in [-0.15, -0.1) is 0 Å². The van der Waals surface area contributed by atoms with Gasteiger partial charge in [0.15, 0.2) is 0 Å². The molecule has 0 amide bonds. The average Bonchev–Trinajstić information content (AvgIpc) is 2.64. The van der Waals surface area contributed by atoms with Crippen LogP contribution in [0.4, 0.5) is 0 Å². The van der Waals surface area contributed by atoms with Gasteiger partial charge >= 0.3 is 0 Å². The van der Waals surface area contributed by atoms with Crippen molar-refractivity contribution in [1.82, 2.24) is 0 Å². The SMILES string of the molecule is CCCCC(N)C1(C)CC1. The molecule has 1 nitrogen and oxygen atoms in total. The van der Waals surface area contributed by atoms with Gasteiger partial charge in [0.2, 0.25) is 0 Å². The van der Waals surface area contributed by atoms with Crippen molar-refractivity contribution in [3.8, 4) is 0 Å². The molecule has 60 valence electrons. The monoisotopic (exact) mass is 141 g/mol. The molecule has 1 aliphatic rings. The Morgan fingerprint density at radius 2 is 2.10 bits per heavy atom. The van der Waals surface area contributed by atoms with E-state index in [1.54, 1.807) is 0 Å². The first-order valence-corrected chi connectivity index (χ1v) is 4.44. The van der Waals surface area contributed by atoms with E-state index in [0.29, 0.717) is 11.5 Å². The molecule has 1 aliphatic carbocycles. The second kappa shape index (κ2) is 2.91. The van der Waals surface area contributed by atoms with Crippen LogP contribution in [0.2, 0.25) is 0 Å².